The molecule has 0 saturated heterocycles. The third-order valence-corrected chi connectivity index (χ3v) is 12.9. The van der Waals surface area contributed by atoms with Crippen molar-refractivity contribution in [3.63, 3.8) is 0 Å². The first-order valence-corrected chi connectivity index (χ1v) is 20.6. The summed E-state index contributed by atoms with van der Waals surface area (Å²) in [5.41, 5.74) is 2.44. The molecule has 1 aromatic rings. The van der Waals surface area contributed by atoms with E-state index in [1.165, 1.54) is 0 Å². The minimum absolute atomic E-state index is 0.0216. The van der Waals surface area contributed by atoms with Crippen molar-refractivity contribution >= 4 is 42.2 Å². The molecular weight excluding hydrogens is 528 g/mol. The van der Waals surface area contributed by atoms with Gasteiger partial charge in [-0.3, -0.25) is 0 Å². The molecule has 3 nitrogen and oxygen atoms in total. The van der Waals surface area contributed by atoms with E-state index in [1.54, 1.807) is 24.3 Å². The average molecular weight is 568 g/mol. The maximum Gasteiger partial charge on any atom is 0.199 e. The van der Waals surface area contributed by atoms with Gasteiger partial charge in [0.1, 0.15) is 13.7 Å². The van der Waals surface area contributed by atoms with E-state index in [0.29, 0.717) is 17.7 Å². The lowest BCUT2D eigenvalue weighted by molar-refractivity contribution is 0.0866. The van der Waals surface area contributed by atoms with E-state index in [0.717, 1.165) is 4.95 Å². The second kappa shape index (κ2) is 12.0. The fraction of sp³-hybridized carbons (Fsp3) is 0.538. The van der Waals surface area contributed by atoms with Crippen molar-refractivity contribution < 1.29 is 12.8 Å². The smallest absolute Gasteiger partial charge is 0.199 e. The molecule has 0 N–H and O–H groups in total. The van der Waals surface area contributed by atoms with Crippen LogP contribution in [0.5, 0.6) is 0 Å². The van der Waals surface area contributed by atoms with E-state index in [4.69, 9.17) is 4.43 Å². The molecule has 1 atom stereocenters. The van der Waals surface area contributed by atoms with Crippen LogP contribution >= 0.6 is 15.9 Å². The molecule has 0 aliphatic carbocycles. The van der Waals surface area contributed by atoms with Gasteiger partial charge in [-0.15, -0.1) is 18.0 Å². The number of rotatable bonds is 10. The van der Waals surface area contributed by atoms with Crippen molar-refractivity contribution in [2.75, 3.05) is 10.7 Å². The topological polar surface area (TPSA) is 43.4 Å². The number of benzene rings is 1. The monoisotopic (exact) mass is 566 g/mol. The van der Waals surface area contributed by atoms with Crippen LogP contribution in [0.25, 0.3) is 0 Å². The first kappa shape index (κ1) is 29.9. The van der Waals surface area contributed by atoms with E-state index < -0.39 is 31.8 Å². The molecule has 0 fully saturated rings. The summed E-state index contributed by atoms with van der Waals surface area (Å²) in [5.74, 6) is 9.96. The van der Waals surface area contributed by atoms with Gasteiger partial charge in [0.15, 0.2) is 18.2 Å². The highest BCUT2D eigenvalue weighted by Gasteiger charge is 2.40. The summed E-state index contributed by atoms with van der Waals surface area (Å²) in [4.78, 5) is 1.11. The molecule has 1 rings (SSSR count). The van der Waals surface area contributed by atoms with Gasteiger partial charge in [0.2, 0.25) is 0 Å². The molecule has 0 aliphatic heterocycles. The zero-order chi connectivity index (χ0) is 25.4. The molecule has 0 unspecified atom stereocenters. The molecule has 1 aromatic carbocycles. The Hall–Kier alpha value is -1.10. The Balaban J connectivity index is 3.27. The summed E-state index contributed by atoms with van der Waals surface area (Å²) in [6, 6.07) is 8.52. The van der Waals surface area contributed by atoms with Gasteiger partial charge in [-0.05, 0) is 39.1 Å². The van der Waals surface area contributed by atoms with Crippen molar-refractivity contribution in [2.24, 2.45) is 5.41 Å². The maximum absolute atomic E-state index is 12.6. The number of hydrogen-bond donors (Lipinski definition) is 0. The lowest BCUT2D eigenvalue weighted by Gasteiger charge is -2.39. The molecule has 33 heavy (non-hydrogen) atoms. The molecule has 182 valence electrons. The Morgan fingerprint density at radius 1 is 1.09 bits per heavy atom. The van der Waals surface area contributed by atoms with E-state index in [2.05, 4.69) is 92.4 Å². The first-order valence-electron chi connectivity index (χ1n) is 11.2. The van der Waals surface area contributed by atoms with E-state index in [-0.39, 0.29) is 17.6 Å². The van der Waals surface area contributed by atoms with E-state index >= 15 is 0 Å². The molecule has 0 amide bonds. The summed E-state index contributed by atoms with van der Waals surface area (Å²) < 4.78 is 32.0. The largest absolute Gasteiger partial charge is 0.400 e. The van der Waals surface area contributed by atoms with Crippen LogP contribution in [0.1, 0.15) is 33.1 Å². The number of sulfone groups is 1. The normalized spacial score (nSPS) is 14.3. The Morgan fingerprint density at radius 2 is 1.70 bits per heavy atom. The molecule has 0 spiro atoms. The van der Waals surface area contributed by atoms with Gasteiger partial charge in [-0.25, -0.2) is 8.42 Å². The Kier molecular flexibility index (Phi) is 10.9. The van der Waals surface area contributed by atoms with E-state index in [1.807, 2.05) is 12.1 Å². The quantitative estimate of drug-likeness (QED) is 0.138. The van der Waals surface area contributed by atoms with Gasteiger partial charge in [0.25, 0.3) is 0 Å². The van der Waals surface area contributed by atoms with Crippen LogP contribution in [0.3, 0.4) is 0 Å². The fourth-order valence-corrected chi connectivity index (χ4v) is 6.88. The standard InChI is InChI=1S/C26H39BrO3SSi2/c1-9-17-26(30-33(7,8)23-27,22-25(2,3)19-21-32(4,5)6)18-13-14-20-31(28,29)24-15-11-10-12-16-24/h9-12,15-16H,1,14,17,20,22-23H2,2-8H3/t26-/m0/s1. The Bertz CT molecular complexity index is 1020. The van der Waals surface area contributed by atoms with Gasteiger partial charge in [0.05, 0.1) is 10.6 Å². The molecule has 7 heteroatoms. The minimum Gasteiger partial charge on any atom is -0.400 e. The molecule has 0 aromatic heterocycles. The lowest BCUT2D eigenvalue weighted by Crippen LogP contribution is -2.47. The van der Waals surface area contributed by atoms with Crippen molar-refractivity contribution in [2.45, 2.75) is 76.3 Å². The molecule has 0 heterocycles. The van der Waals surface area contributed by atoms with Gasteiger partial charge in [0, 0.05) is 29.6 Å². The van der Waals surface area contributed by atoms with Crippen LogP contribution in [0.2, 0.25) is 32.7 Å². The number of halogens is 1. The summed E-state index contributed by atoms with van der Waals surface area (Å²) in [6.07, 6.45) is 3.28. The highest BCUT2D eigenvalue weighted by Crippen LogP contribution is 2.35. The van der Waals surface area contributed by atoms with Gasteiger partial charge < -0.3 is 4.43 Å². The van der Waals surface area contributed by atoms with Crippen molar-refractivity contribution in [3.8, 4) is 23.3 Å². The van der Waals surface area contributed by atoms with Gasteiger partial charge in [-0.1, -0.05) is 71.7 Å². The zero-order valence-electron chi connectivity index (χ0n) is 21.2. The molecule has 0 bridgehead atoms. The third kappa shape index (κ3) is 11.3. The fourth-order valence-electron chi connectivity index (χ4n) is 3.33. The minimum atomic E-state index is -3.37. The van der Waals surface area contributed by atoms with E-state index in [9.17, 15) is 8.42 Å². The van der Waals surface area contributed by atoms with Crippen LogP contribution in [-0.2, 0) is 14.3 Å². The van der Waals surface area contributed by atoms with Crippen LogP contribution in [0.4, 0.5) is 0 Å². The summed E-state index contributed by atoms with van der Waals surface area (Å²) >= 11 is 3.61. The average Bonchev–Trinajstić information content (AvgIpc) is 2.70. The Labute approximate surface area is 213 Å². The van der Waals surface area contributed by atoms with Crippen molar-refractivity contribution in [3.05, 3.63) is 43.0 Å². The van der Waals surface area contributed by atoms with Gasteiger partial charge >= 0.3 is 0 Å². The highest BCUT2D eigenvalue weighted by molar-refractivity contribution is 9.09. The molecular formula is C26H39BrO3SSi2. The maximum atomic E-state index is 12.6. The van der Waals surface area contributed by atoms with Gasteiger partial charge in [-0.2, -0.15) is 0 Å². The second-order valence-corrected chi connectivity index (χ2v) is 23.3. The predicted octanol–water partition coefficient (Wildman–Crippen LogP) is 6.62. The highest BCUT2D eigenvalue weighted by atomic mass is 79.9. The predicted molar refractivity (Wildman–Crippen MR) is 150 cm³/mol. The SMILES string of the molecule is C=CC[C@](C#CCCS(=O)(=O)c1ccccc1)(CC(C)(C)C#C[Si](C)(C)C)O[Si](C)(C)CBr. The number of alkyl halides is 1. The molecule has 0 aliphatic rings. The summed E-state index contributed by atoms with van der Waals surface area (Å²) in [6.45, 7) is 19.2. The Morgan fingerprint density at radius 3 is 2.21 bits per heavy atom. The molecule has 0 saturated carbocycles. The van der Waals surface area contributed by atoms with Crippen LogP contribution in [0, 0.1) is 28.7 Å². The zero-order valence-corrected chi connectivity index (χ0v) is 25.6. The van der Waals surface area contributed by atoms with Crippen LogP contribution in [0.15, 0.2) is 47.9 Å². The third-order valence-electron chi connectivity index (χ3n) is 4.69. The second-order valence-electron chi connectivity index (χ2n) is 10.7. The summed E-state index contributed by atoms with van der Waals surface area (Å²) in [5, 5.41) is 0. The van der Waals surface area contributed by atoms with Crippen molar-refractivity contribution in [1.29, 1.82) is 0 Å². The molecule has 0 radical (unpaired) electrons. The lowest BCUT2D eigenvalue weighted by atomic mass is 9.79. The van der Waals surface area contributed by atoms with Crippen molar-refractivity contribution in [1.82, 2.24) is 0 Å². The number of hydrogen-bond acceptors (Lipinski definition) is 3. The van der Waals surface area contributed by atoms with Crippen LogP contribution < -0.4 is 0 Å². The summed E-state index contributed by atoms with van der Waals surface area (Å²) in [7, 11) is -6.94. The van der Waals surface area contributed by atoms with Crippen LogP contribution in [-0.4, -0.2) is 41.1 Å². The first-order chi connectivity index (χ1) is 15.1.